The Balaban J connectivity index is 2.21. The molecule has 0 radical (unpaired) electrons. The maximum absolute atomic E-state index is 11.4. The fourth-order valence-electron chi connectivity index (χ4n) is 4.59. The monoisotopic (exact) mass is 461 g/mol. The summed E-state index contributed by atoms with van der Waals surface area (Å²) in [5, 5.41) is 13.0. The van der Waals surface area contributed by atoms with Crippen molar-refractivity contribution in [2.24, 2.45) is 0 Å². The molecule has 6 nitrogen and oxygen atoms in total. The Morgan fingerprint density at radius 3 is 2.53 bits per heavy atom. The van der Waals surface area contributed by atoms with Crippen LogP contribution in [0.2, 0.25) is 0 Å². The molecule has 1 aliphatic rings. The minimum Gasteiger partial charge on any atom is -0.496 e. The summed E-state index contributed by atoms with van der Waals surface area (Å²) in [4.78, 5) is 11.7. The molecule has 32 heavy (non-hydrogen) atoms. The van der Waals surface area contributed by atoms with Crippen molar-refractivity contribution < 1.29 is 23.7 Å². The van der Waals surface area contributed by atoms with E-state index in [4.69, 9.17) is 9.84 Å². The quantitative estimate of drug-likeness (QED) is 0.374. The van der Waals surface area contributed by atoms with Gasteiger partial charge >= 0.3 is 5.97 Å². The average Bonchev–Trinajstić information content (AvgIpc) is 2.88. The van der Waals surface area contributed by atoms with E-state index < -0.39 is 22.1 Å². The van der Waals surface area contributed by atoms with Gasteiger partial charge in [-0.1, -0.05) is 57.0 Å². The molecular weight excluding hydrogens is 426 g/mol. The number of carboxylic acids is 1. The summed E-state index contributed by atoms with van der Waals surface area (Å²) in [6.45, 7) is 4.23. The van der Waals surface area contributed by atoms with E-state index >= 15 is 0 Å². The second-order valence-electron chi connectivity index (χ2n) is 8.63. The molecule has 0 aromatic heterocycles. The molecule has 0 bridgehead atoms. The molecule has 0 saturated carbocycles. The Morgan fingerprint density at radius 1 is 1.22 bits per heavy atom. The number of hydrogen-bond acceptors (Lipinski definition) is 5. The molecule has 2 aromatic carbocycles. The van der Waals surface area contributed by atoms with Gasteiger partial charge in [0.25, 0.3) is 0 Å². The van der Waals surface area contributed by atoms with E-state index in [1.54, 1.807) is 13.2 Å². The van der Waals surface area contributed by atoms with Gasteiger partial charge in [0.05, 0.1) is 23.8 Å². The number of nitrogens with one attached hydrogen (secondary N) is 1. The van der Waals surface area contributed by atoms with Crippen molar-refractivity contribution >= 4 is 16.6 Å². The summed E-state index contributed by atoms with van der Waals surface area (Å²) < 4.78 is 28.5. The zero-order valence-corrected chi connectivity index (χ0v) is 20.0. The molecule has 1 heterocycles. The Morgan fingerprint density at radius 2 is 1.94 bits per heavy atom. The molecule has 7 heteroatoms. The predicted molar refractivity (Wildman–Crippen MR) is 129 cm³/mol. The van der Waals surface area contributed by atoms with Crippen molar-refractivity contribution in [1.29, 1.82) is 0 Å². The molecule has 2 aromatic rings. The predicted octanol–water partition coefficient (Wildman–Crippen LogP) is 5.85. The van der Waals surface area contributed by atoms with Crippen LogP contribution in [0, 0.1) is 0 Å². The highest BCUT2D eigenvalue weighted by molar-refractivity contribution is 8.24. The van der Waals surface area contributed by atoms with Gasteiger partial charge in [-0.15, -0.1) is 0 Å². The molecule has 3 rings (SSSR count). The van der Waals surface area contributed by atoms with E-state index in [0.29, 0.717) is 16.2 Å². The van der Waals surface area contributed by atoms with Crippen LogP contribution in [-0.4, -0.2) is 38.6 Å². The third kappa shape index (κ3) is 5.29. The third-order valence-corrected chi connectivity index (χ3v) is 8.44. The van der Waals surface area contributed by atoms with Crippen molar-refractivity contribution in [3.63, 3.8) is 0 Å². The van der Waals surface area contributed by atoms with Crippen LogP contribution in [0.5, 0.6) is 5.75 Å². The molecular formula is C25H35NO5S. The summed E-state index contributed by atoms with van der Waals surface area (Å²) in [6, 6.07) is 13.4. The zero-order chi connectivity index (χ0) is 23.4. The first kappa shape index (κ1) is 24.6. The van der Waals surface area contributed by atoms with Gasteiger partial charge < -0.3 is 9.84 Å². The average molecular weight is 462 g/mol. The summed E-state index contributed by atoms with van der Waals surface area (Å²) in [7, 11) is -1.56. The van der Waals surface area contributed by atoms with Crippen LogP contribution < -0.4 is 10.1 Å². The van der Waals surface area contributed by atoms with Crippen LogP contribution >= 0.6 is 10.6 Å². The van der Waals surface area contributed by atoms with Crippen molar-refractivity contribution in [3.8, 4) is 5.75 Å². The largest absolute Gasteiger partial charge is 0.496 e. The van der Waals surface area contributed by atoms with Crippen molar-refractivity contribution in [1.82, 2.24) is 5.32 Å². The Hall–Kier alpha value is -2.06. The molecule has 4 N–H and O–H groups in total. The summed E-state index contributed by atoms with van der Waals surface area (Å²) >= 11 is 0. The first-order chi connectivity index (χ1) is 15.2. The van der Waals surface area contributed by atoms with E-state index in [0.717, 1.165) is 36.8 Å². The highest BCUT2D eigenvalue weighted by Gasteiger charge is 2.42. The number of benzene rings is 2. The Bertz CT molecular complexity index is 933. The molecule has 176 valence electrons. The molecule has 2 atom stereocenters. The van der Waals surface area contributed by atoms with E-state index in [1.807, 2.05) is 36.4 Å². The van der Waals surface area contributed by atoms with Crippen molar-refractivity contribution in [3.05, 3.63) is 59.2 Å². The van der Waals surface area contributed by atoms with Crippen molar-refractivity contribution in [2.75, 3.05) is 12.9 Å². The lowest BCUT2D eigenvalue weighted by molar-refractivity contribution is -0.136. The van der Waals surface area contributed by atoms with Gasteiger partial charge in [-0.2, -0.15) is 10.6 Å². The normalized spacial score (nSPS) is 23.1. The molecule has 0 amide bonds. The molecule has 0 fully saturated rings. The van der Waals surface area contributed by atoms with E-state index in [9.17, 15) is 13.9 Å². The van der Waals surface area contributed by atoms with Gasteiger partial charge in [0, 0.05) is 17.5 Å². The lowest BCUT2D eigenvalue weighted by Crippen LogP contribution is -2.49. The topological polar surface area (TPSA) is 99.0 Å². The van der Waals surface area contributed by atoms with Gasteiger partial charge in [0.15, 0.2) is 0 Å². The Labute approximate surface area is 192 Å². The highest BCUT2D eigenvalue weighted by Crippen LogP contribution is 2.58. The van der Waals surface area contributed by atoms with Crippen LogP contribution in [0.4, 0.5) is 0 Å². The van der Waals surface area contributed by atoms with Crippen molar-refractivity contribution in [2.45, 2.75) is 68.8 Å². The molecule has 0 aliphatic carbocycles. The smallest absolute Gasteiger partial charge is 0.303 e. The number of methoxy groups -OCH3 is 1. The lowest BCUT2D eigenvalue weighted by Gasteiger charge is -2.42. The summed E-state index contributed by atoms with van der Waals surface area (Å²) in [5.74, 6) is -0.0974. The van der Waals surface area contributed by atoms with Crippen LogP contribution in [0.3, 0.4) is 0 Å². The molecule has 1 aliphatic heterocycles. The zero-order valence-electron chi connectivity index (χ0n) is 19.1. The lowest BCUT2D eigenvalue weighted by atomic mass is 9.87. The number of aryl methyl sites for hydroxylation is 1. The van der Waals surface area contributed by atoms with Gasteiger partial charge in [0.1, 0.15) is 5.75 Å². The first-order valence-corrected chi connectivity index (χ1v) is 13.0. The molecule has 0 saturated heterocycles. The van der Waals surface area contributed by atoms with Gasteiger partial charge in [-0.05, 0) is 42.5 Å². The number of rotatable bonds is 9. The van der Waals surface area contributed by atoms with E-state index in [2.05, 4.69) is 19.2 Å². The SMILES string of the molecule is CCCC[C@]1(CC)CS(O)(O)c2cc(CCC(=O)O)c(OC)cc2[C@@H](c2ccccc2)N1. The highest BCUT2D eigenvalue weighted by atomic mass is 32.3. The number of ether oxygens (including phenoxy) is 1. The van der Waals surface area contributed by atoms with E-state index in [-0.39, 0.29) is 24.6 Å². The second kappa shape index (κ2) is 10.3. The summed E-state index contributed by atoms with van der Waals surface area (Å²) in [6.07, 6.45) is 3.84. The third-order valence-electron chi connectivity index (χ3n) is 6.43. The standard InChI is InChI=1S/C25H35NO5S/c1-4-6-14-25(5-2)17-32(29,30)22-15-19(12-13-23(27)28)21(31-3)16-20(22)24(26-25)18-10-8-7-9-11-18/h7-11,15-16,24,26,29-30H,4-6,12-14,17H2,1-3H3,(H,27,28)/t24-,25-/m1/s1. The second-order valence-corrected chi connectivity index (χ2v) is 10.7. The fraction of sp³-hybridized carbons (Fsp3) is 0.480. The number of carbonyl (C=O) groups is 1. The molecule has 0 spiro atoms. The van der Waals surface area contributed by atoms with Gasteiger partial charge in [-0.3, -0.25) is 19.2 Å². The van der Waals surface area contributed by atoms with Crippen LogP contribution in [0.1, 0.15) is 68.7 Å². The number of unbranched alkanes of at least 4 members (excludes halogenated alkanes) is 1. The molecule has 0 unspecified atom stereocenters. The van der Waals surface area contributed by atoms with Crippen LogP contribution in [0.25, 0.3) is 0 Å². The van der Waals surface area contributed by atoms with Crippen LogP contribution in [-0.2, 0) is 11.2 Å². The maximum atomic E-state index is 11.4. The minimum absolute atomic E-state index is 0.0515. The summed E-state index contributed by atoms with van der Waals surface area (Å²) in [5.41, 5.74) is 2.07. The van der Waals surface area contributed by atoms with Gasteiger partial charge in [0.2, 0.25) is 0 Å². The number of carboxylic acid groups (broad SMARTS) is 1. The van der Waals surface area contributed by atoms with Crippen LogP contribution in [0.15, 0.2) is 47.4 Å². The maximum Gasteiger partial charge on any atom is 0.303 e. The Kier molecular flexibility index (Phi) is 7.88. The van der Waals surface area contributed by atoms with E-state index in [1.165, 1.54) is 0 Å². The first-order valence-electron chi connectivity index (χ1n) is 11.3. The fourth-order valence-corrected chi connectivity index (χ4v) is 6.83. The number of aliphatic carboxylic acids is 1. The number of hydrogen-bond donors (Lipinski definition) is 4. The minimum atomic E-state index is -3.12. The van der Waals surface area contributed by atoms with Gasteiger partial charge in [-0.25, -0.2) is 0 Å². The number of fused-ring (bicyclic) bond motifs is 1.